The number of nitrogens with one attached hydrogen (secondary N) is 1. The Morgan fingerprint density at radius 1 is 1.32 bits per heavy atom. The Bertz CT molecular complexity index is 391. The molecule has 0 amide bonds. The summed E-state index contributed by atoms with van der Waals surface area (Å²) >= 11 is 0. The molecule has 0 atom stereocenters. The lowest BCUT2D eigenvalue weighted by molar-refractivity contribution is 0.203. The quantitative estimate of drug-likeness (QED) is 0.826. The summed E-state index contributed by atoms with van der Waals surface area (Å²) in [5.41, 5.74) is 5.70. The molecule has 19 heavy (non-hydrogen) atoms. The van der Waals surface area contributed by atoms with Gasteiger partial charge in [-0.25, -0.2) is 0 Å². The van der Waals surface area contributed by atoms with Crippen LogP contribution in [0.25, 0.3) is 0 Å². The molecule has 1 heterocycles. The highest BCUT2D eigenvalue weighted by molar-refractivity contribution is 5.42. The zero-order valence-electron chi connectivity index (χ0n) is 11.7. The molecule has 0 saturated heterocycles. The molecular weight excluding hydrogens is 240 g/mol. The number of nitrogens with two attached hydrogens (primary N) is 1. The molecule has 1 fully saturated rings. The highest BCUT2D eigenvalue weighted by atomic mass is 16.5. The smallest absolute Gasteiger partial charge is 0.225 e. The monoisotopic (exact) mass is 264 g/mol. The Morgan fingerprint density at radius 2 is 2.11 bits per heavy atom. The SMILES string of the molecule is CCCNc1cc(OCC2CCCCC2)nc(N)n1. The van der Waals surface area contributed by atoms with E-state index >= 15 is 0 Å². The summed E-state index contributed by atoms with van der Waals surface area (Å²) in [7, 11) is 0. The maximum absolute atomic E-state index is 5.78. The average Bonchev–Trinajstić information content (AvgIpc) is 2.43. The molecule has 1 aliphatic rings. The molecule has 0 bridgehead atoms. The summed E-state index contributed by atoms with van der Waals surface area (Å²) in [5.74, 6) is 2.25. The molecule has 0 aliphatic heterocycles. The molecular formula is C14H24N4O. The van der Waals surface area contributed by atoms with Crippen LogP contribution in [0.3, 0.4) is 0 Å². The van der Waals surface area contributed by atoms with Gasteiger partial charge in [-0.3, -0.25) is 0 Å². The molecule has 0 radical (unpaired) electrons. The van der Waals surface area contributed by atoms with Gasteiger partial charge in [-0.15, -0.1) is 0 Å². The van der Waals surface area contributed by atoms with Gasteiger partial charge in [0.15, 0.2) is 0 Å². The fourth-order valence-electron chi connectivity index (χ4n) is 2.42. The minimum atomic E-state index is 0.264. The molecule has 106 valence electrons. The van der Waals surface area contributed by atoms with Crippen molar-refractivity contribution >= 4 is 11.8 Å². The number of hydrogen-bond acceptors (Lipinski definition) is 5. The van der Waals surface area contributed by atoms with Crippen LogP contribution in [0.5, 0.6) is 5.88 Å². The standard InChI is InChI=1S/C14H24N4O/c1-2-8-16-12-9-13(18-14(15)17-12)19-10-11-6-4-3-5-7-11/h9,11H,2-8,10H2,1H3,(H3,15,16,17,18). The van der Waals surface area contributed by atoms with Gasteiger partial charge in [-0.2, -0.15) is 9.97 Å². The largest absolute Gasteiger partial charge is 0.477 e. The predicted octanol–water partition coefficient (Wildman–Crippen LogP) is 2.84. The predicted molar refractivity (Wildman–Crippen MR) is 77.3 cm³/mol. The van der Waals surface area contributed by atoms with Gasteiger partial charge in [0, 0.05) is 12.6 Å². The van der Waals surface area contributed by atoms with Crippen molar-refractivity contribution in [2.24, 2.45) is 5.92 Å². The van der Waals surface area contributed by atoms with Gasteiger partial charge in [-0.05, 0) is 25.2 Å². The Kier molecular flexibility index (Phi) is 5.24. The van der Waals surface area contributed by atoms with Crippen molar-refractivity contribution in [2.45, 2.75) is 45.4 Å². The van der Waals surface area contributed by atoms with E-state index in [4.69, 9.17) is 10.5 Å². The maximum Gasteiger partial charge on any atom is 0.225 e. The van der Waals surface area contributed by atoms with E-state index in [1.54, 1.807) is 0 Å². The van der Waals surface area contributed by atoms with E-state index in [1.165, 1.54) is 32.1 Å². The van der Waals surface area contributed by atoms with Crippen LogP contribution in [-0.4, -0.2) is 23.1 Å². The van der Waals surface area contributed by atoms with Gasteiger partial charge >= 0.3 is 0 Å². The highest BCUT2D eigenvalue weighted by Gasteiger charge is 2.14. The van der Waals surface area contributed by atoms with Crippen molar-refractivity contribution in [3.63, 3.8) is 0 Å². The van der Waals surface area contributed by atoms with E-state index in [-0.39, 0.29) is 5.95 Å². The topological polar surface area (TPSA) is 73.1 Å². The summed E-state index contributed by atoms with van der Waals surface area (Å²) in [4.78, 5) is 8.27. The molecule has 2 rings (SSSR count). The zero-order chi connectivity index (χ0) is 13.5. The summed E-state index contributed by atoms with van der Waals surface area (Å²) in [5, 5.41) is 3.20. The zero-order valence-corrected chi connectivity index (χ0v) is 11.7. The third kappa shape index (κ3) is 4.58. The summed E-state index contributed by atoms with van der Waals surface area (Å²) in [6, 6.07) is 1.83. The van der Waals surface area contributed by atoms with Crippen molar-refractivity contribution < 1.29 is 4.74 Å². The number of nitrogens with zero attached hydrogens (tertiary/aromatic N) is 2. The maximum atomic E-state index is 5.78. The number of anilines is 2. The van der Waals surface area contributed by atoms with Crippen LogP contribution in [0.15, 0.2) is 6.07 Å². The van der Waals surface area contributed by atoms with Crippen LogP contribution in [0.4, 0.5) is 11.8 Å². The van der Waals surface area contributed by atoms with Gasteiger partial charge < -0.3 is 15.8 Å². The highest BCUT2D eigenvalue weighted by Crippen LogP contribution is 2.24. The summed E-state index contributed by atoms with van der Waals surface area (Å²) < 4.78 is 5.78. The Labute approximate surface area is 115 Å². The fraction of sp³-hybridized carbons (Fsp3) is 0.714. The van der Waals surface area contributed by atoms with E-state index in [2.05, 4.69) is 22.2 Å². The van der Waals surface area contributed by atoms with Crippen LogP contribution in [-0.2, 0) is 0 Å². The van der Waals surface area contributed by atoms with Gasteiger partial charge in [-0.1, -0.05) is 26.2 Å². The van der Waals surface area contributed by atoms with E-state index in [0.717, 1.165) is 25.4 Å². The lowest BCUT2D eigenvalue weighted by atomic mass is 9.90. The Hall–Kier alpha value is -1.52. The number of aromatic nitrogens is 2. The molecule has 1 saturated carbocycles. The second-order valence-corrected chi connectivity index (χ2v) is 5.19. The second kappa shape index (κ2) is 7.16. The van der Waals surface area contributed by atoms with E-state index in [0.29, 0.717) is 11.8 Å². The molecule has 1 aromatic rings. The first-order valence-corrected chi connectivity index (χ1v) is 7.29. The first-order chi connectivity index (χ1) is 9.28. The molecule has 0 aromatic carbocycles. The van der Waals surface area contributed by atoms with Gasteiger partial charge in [0.1, 0.15) is 5.82 Å². The summed E-state index contributed by atoms with van der Waals surface area (Å²) in [6.45, 7) is 3.72. The first kappa shape index (κ1) is 13.9. The van der Waals surface area contributed by atoms with E-state index in [9.17, 15) is 0 Å². The van der Waals surface area contributed by atoms with Crippen LogP contribution >= 0.6 is 0 Å². The number of rotatable bonds is 6. The lowest BCUT2D eigenvalue weighted by Gasteiger charge is -2.21. The molecule has 0 unspecified atom stereocenters. The first-order valence-electron chi connectivity index (χ1n) is 7.29. The van der Waals surface area contributed by atoms with Crippen molar-refractivity contribution in [1.29, 1.82) is 0 Å². The van der Waals surface area contributed by atoms with Crippen LogP contribution in [0.1, 0.15) is 45.4 Å². The number of ether oxygens (including phenoxy) is 1. The molecule has 1 aromatic heterocycles. The van der Waals surface area contributed by atoms with Crippen LogP contribution in [0, 0.1) is 5.92 Å². The van der Waals surface area contributed by atoms with Gasteiger partial charge in [0.05, 0.1) is 6.61 Å². The molecule has 3 N–H and O–H groups in total. The van der Waals surface area contributed by atoms with E-state index < -0.39 is 0 Å². The molecule has 1 aliphatic carbocycles. The van der Waals surface area contributed by atoms with Gasteiger partial charge in [0.25, 0.3) is 0 Å². The van der Waals surface area contributed by atoms with Crippen molar-refractivity contribution in [3.05, 3.63) is 6.07 Å². The normalized spacial score (nSPS) is 16.3. The number of hydrogen-bond donors (Lipinski definition) is 2. The van der Waals surface area contributed by atoms with Crippen molar-refractivity contribution in [2.75, 3.05) is 24.2 Å². The van der Waals surface area contributed by atoms with Crippen molar-refractivity contribution in [1.82, 2.24) is 9.97 Å². The second-order valence-electron chi connectivity index (χ2n) is 5.19. The van der Waals surface area contributed by atoms with Gasteiger partial charge in [0.2, 0.25) is 11.8 Å². The minimum Gasteiger partial charge on any atom is -0.477 e. The fourth-order valence-corrected chi connectivity index (χ4v) is 2.42. The van der Waals surface area contributed by atoms with Crippen molar-refractivity contribution in [3.8, 4) is 5.88 Å². The van der Waals surface area contributed by atoms with E-state index in [1.807, 2.05) is 6.07 Å². The third-order valence-corrected chi connectivity index (χ3v) is 3.47. The molecule has 5 nitrogen and oxygen atoms in total. The minimum absolute atomic E-state index is 0.264. The average molecular weight is 264 g/mol. The van der Waals surface area contributed by atoms with Crippen LogP contribution < -0.4 is 15.8 Å². The Morgan fingerprint density at radius 3 is 2.84 bits per heavy atom. The summed E-state index contributed by atoms with van der Waals surface area (Å²) in [6.07, 6.45) is 7.58. The third-order valence-electron chi connectivity index (χ3n) is 3.47. The Balaban J connectivity index is 1.89. The molecule has 0 spiro atoms. The van der Waals surface area contributed by atoms with Crippen LogP contribution in [0.2, 0.25) is 0 Å². The lowest BCUT2D eigenvalue weighted by Crippen LogP contribution is -2.16. The number of nitrogen functional groups attached to an aromatic ring is 1. The molecule has 5 heteroatoms.